The fourth-order valence-corrected chi connectivity index (χ4v) is 5.52. The molecule has 1 aliphatic carbocycles. The molecule has 1 aromatic carbocycles. The summed E-state index contributed by atoms with van der Waals surface area (Å²) in [6.45, 7) is 4.28. The molecule has 2 fully saturated rings. The van der Waals surface area contributed by atoms with Gasteiger partial charge in [0.15, 0.2) is 0 Å². The van der Waals surface area contributed by atoms with Crippen LogP contribution in [0.25, 0.3) is 10.4 Å². The second kappa shape index (κ2) is 9.09. The SMILES string of the molecule is Cc1c(-c2ccccc2)sc(NC(=O)CC2CCCC2)c1C(=O)N1CCOCC1. The number of carbonyl (C=O) groups excluding carboxylic acids is 2. The molecule has 1 N–H and O–H groups in total. The molecule has 1 saturated carbocycles. The van der Waals surface area contributed by atoms with Crippen LogP contribution in [-0.2, 0) is 9.53 Å². The third kappa shape index (κ3) is 4.54. The first-order chi connectivity index (χ1) is 14.1. The minimum atomic E-state index is -0.0135. The van der Waals surface area contributed by atoms with Gasteiger partial charge in [0.05, 0.1) is 18.8 Å². The fourth-order valence-electron chi connectivity index (χ4n) is 4.30. The van der Waals surface area contributed by atoms with Gasteiger partial charge in [-0.05, 0) is 36.8 Å². The first-order valence-corrected chi connectivity index (χ1v) is 11.3. The van der Waals surface area contributed by atoms with Crippen LogP contribution in [0.5, 0.6) is 0 Å². The van der Waals surface area contributed by atoms with Crippen molar-refractivity contribution in [1.29, 1.82) is 0 Å². The minimum absolute atomic E-state index is 0.0135. The van der Waals surface area contributed by atoms with Gasteiger partial charge in [0.2, 0.25) is 5.91 Å². The van der Waals surface area contributed by atoms with Crippen molar-refractivity contribution >= 4 is 28.2 Å². The number of morpholine rings is 1. The molecule has 1 saturated heterocycles. The molecule has 2 aliphatic rings. The summed E-state index contributed by atoms with van der Waals surface area (Å²) < 4.78 is 5.40. The van der Waals surface area contributed by atoms with Crippen molar-refractivity contribution in [3.63, 3.8) is 0 Å². The van der Waals surface area contributed by atoms with Crippen LogP contribution in [0.2, 0.25) is 0 Å². The van der Waals surface area contributed by atoms with Gasteiger partial charge in [-0.1, -0.05) is 43.2 Å². The van der Waals surface area contributed by atoms with E-state index in [4.69, 9.17) is 4.74 Å². The van der Waals surface area contributed by atoms with E-state index in [1.807, 2.05) is 42.2 Å². The number of hydrogen-bond donors (Lipinski definition) is 1. The van der Waals surface area contributed by atoms with E-state index < -0.39 is 0 Å². The van der Waals surface area contributed by atoms with Gasteiger partial charge in [-0.2, -0.15) is 0 Å². The zero-order valence-electron chi connectivity index (χ0n) is 16.9. The highest BCUT2D eigenvalue weighted by atomic mass is 32.1. The molecule has 4 rings (SSSR count). The molecule has 0 atom stereocenters. The standard InChI is InChI=1S/C23H28N2O3S/c1-16-20(23(27)25-11-13-28-14-12-25)22(24-19(26)15-17-7-5-6-8-17)29-21(16)18-9-3-2-4-10-18/h2-4,9-10,17H,5-8,11-15H2,1H3,(H,24,26). The van der Waals surface area contributed by atoms with Crippen LogP contribution in [0.1, 0.15) is 48.0 Å². The predicted molar refractivity (Wildman–Crippen MR) is 116 cm³/mol. The van der Waals surface area contributed by atoms with Gasteiger partial charge < -0.3 is 15.0 Å². The Morgan fingerprint density at radius 3 is 2.52 bits per heavy atom. The maximum Gasteiger partial charge on any atom is 0.257 e. The highest BCUT2D eigenvalue weighted by Gasteiger charge is 2.28. The van der Waals surface area contributed by atoms with Crippen LogP contribution in [0.3, 0.4) is 0 Å². The molecule has 1 aliphatic heterocycles. The largest absolute Gasteiger partial charge is 0.378 e. The van der Waals surface area contributed by atoms with Gasteiger partial charge >= 0.3 is 0 Å². The van der Waals surface area contributed by atoms with Crippen LogP contribution < -0.4 is 5.32 Å². The van der Waals surface area contributed by atoms with E-state index in [9.17, 15) is 9.59 Å². The van der Waals surface area contributed by atoms with Gasteiger partial charge in [-0.25, -0.2) is 0 Å². The summed E-state index contributed by atoms with van der Waals surface area (Å²) in [6, 6.07) is 10.1. The number of thiophene rings is 1. The van der Waals surface area contributed by atoms with Crippen LogP contribution in [-0.4, -0.2) is 43.0 Å². The Kier molecular flexibility index (Phi) is 6.31. The Labute approximate surface area is 176 Å². The third-order valence-corrected chi connectivity index (χ3v) is 7.15. The molecule has 5 nitrogen and oxygen atoms in total. The molecule has 2 aromatic rings. The molecule has 154 valence electrons. The van der Waals surface area contributed by atoms with Crippen molar-refractivity contribution in [2.45, 2.75) is 39.0 Å². The zero-order valence-corrected chi connectivity index (χ0v) is 17.7. The molecular formula is C23H28N2O3S. The van der Waals surface area contributed by atoms with Crippen molar-refractivity contribution in [3.05, 3.63) is 41.5 Å². The number of anilines is 1. The molecule has 2 heterocycles. The van der Waals surface area contributed by atoms with E-state index in [1.165, 1.54) is 24.2 Å². The van der Waals surface area contributed by atoms with Gasteiger partial charge in [0.25, 0.3) is 5.91 Å². The average molecular weight is 413 g/mol. The fraction of sp³-hybridized carbons (Fsp3) is 0.478. The summed E-state index contributed by atoms with van der Waals surface area (Å²) >= 11 is 1.51. The number of nitrogens with one attached hydrogen (secondary N) is 1. The summed E-state index contributed by atoms with van der Waals surface area (Å²) in [7, 11) is 0. The number of rotatable bonds is 5. The van der Waals surface area contributed by atoms with Gasteiger partial charge in [0.1, 0.15) is 5.00 Å². The number of carbonyl (C=O) groups is 2. The number of benzene rings is 1. The summed E-state index contributed by atoms with van der Waals surface area (Å²) in [5.74, 6) is 0.484. The van der Waals surface area contributed by atoms with E-state index in [0.717, 1.165) is 28.8 Å². The van der Waals surface area contributed by atoms with E-state index in [-0.39, 0.29) is 11.8 Å². The van der Waals surface area contributed by atoms with Crippen LogP contribution in [0.4, 0.5) is 5.00 Å². The zero-order chi connectivity index (χ0) is 20.2. The molecule has 29 heavy (non-hydrogen) atoms. The first-order valence-electron chi connectivity index (χ1n) is 10.5. The Morgan fingerprint density at radius 1 is 1.14 bits per heavy atom. The highest BCUT2D eigenvalue weighted by molar-refractivity contribution is 7.20. The maximum absolute atomic E-state index is 13.3. The van der Waals surface area contributed by atoms with Crippen molar-refractivity contribution in [2.75, 3.05) is 31.6 Å². The smallest absolute Gasteiger partial charge is 0.257 e. The Balaban J connectivity index is 1.64. The summed E-state index contributed by atoms with van der Waals surface area (Å²) in [5, 5.41) is 3.77. The lowest BCUT2D eigenvalue weighted by atomic mass is 10.0. The summed E-state index contributed by atoms with van der Waals surface area (Å²) in [4.78, 5) is 28.9. The van der Waals surface area contributed by atoms with Crippen molar-refractivity contribution in [3.8, 4) is 10.4 Å². The Morgan fingerprint density at radius 2 is 1.83 bits per heavy atom. The normalized spacial score (nSPS) is 17.5. The molecular weight excluding hydrogens is 384 g/mol. The summed E-state index contributed by atoms with van der Waals surface area (Å²) in [6.07, 6.45) is 5.24. The number of hydrogen-bond acceptors (Lipinski definition) is 4. The van der Waals surface area contributed by atoms with Crippen molar-refractivity contribution < 1.29 is 14.3 Å². The van der Waals surface area contributed by atoms with Gasteiger partial charge in [-0.3, -0.25) is 9.59 Å². The van der Waals surface area contributed by atoms with Crippen LogP contribution in [0, 0.1) is 12.8 Å². The molecule has 2 amide bonds. The van der Waals surface area contributed by atoms with Crippen molar-refractivity contribution in [1.82, 2.24) is 4.90 Å². The lowest BCUT2D eigenvalue weighted by molar-refractivity contribution is -0.117. The molecule has 0 radical (unpaired) electrons. The third-order valence-electron chi connectivity index (χ3n) is 5.90. The monoisotopic (exact) mass is 412 g/mol. The summed E-state index contributed by atoms with van der Waals surface area (Å²) in [5.41, 5.74) is 2.65. The van der Waals surface area contributed by atoms with Crippen LogP contribution in [0.15, 0.2) is 30.3 Å². The highest BCUT2D eigenvalue weighted by Crippen LogP contribution is 2.41. The Hall–Kier alpha value is -2.18. The quantitative estimate of drug-likeness (QED) is 0.773. The van der Waals surface area contributed by atoms with Gasteiger partial charge in [-0.15, -0.1) is 11.3 Å². The molecule has 6 heteroatoms. The Bertz CT molecular complexity index is 866. The minimum Gasteiger partial charge on any atom is -0.378 e. The van der Waals surface area contributed by atoms with E-state index in [2.05, 4.69) is 5.32 Å². The average Bonchev–Trinajstić information content (AvgIpc) is 3.36. The lowest BCUT2D eigenvalue weighted by Crippen LogP contribution is -2.41. The molecule has 0 bridgehead atoms. The second-order valence-electron chi connectivity index (χ2n) is 7.93. The molecule has 0 spiro atoms. The first kappa shape index (κ1) is 20.1. The number of ether oxygens (including phenoxy) is 1. The van der Waals surface area contributed by atoms with Crippen LogP contribution >= 0.6 is 11.3 Å². The predicted octanol–water partition coefficient (Wildman–Crippen LogP) is 4.71. The molecule has 0 unspecified atom stereocenters. The second-order valence-corrected chi connectivity index (χ2v) is 8.95. The maximum atomic E-state index is 13.3. The van der Waals surface area contributed by atoms with E-state index in [1.54, 1.807) is 0 Å². The van der Waals surface area contributed by atoms with E-state index in [0.29, 0.717) is 49.2 Å². The molecule has 1 aromatic heterocycles. The van der Waals surface area contributed by atoms with Gasteiger partial charge in [0, 0.05) is 24.4 Å². The van der Waals surface area contributed by atoms with E-state index >= 15 is 0 Å². The lowest BCUT2D eigenvalue weighted by Gasteiger charge is -2.27. The van der Waals surface area contributed by atoms with Crippen molar-refractivity contribution in [2.24, 2.45) is 5.92 Å². The number of nitrogens with zero attached hydrogens (tertiary/aromatic N) is 1. The number of amides is 2. The topological polar surface area (TPSA) is 58.6 Å².